The summed E-state index contributed by atoms with van der Waals surface area (Å²) in [5.41, 5.74) is 2.00. The van der Waals surface area contributed by atoms with Gasteiger partial charge in [0.25, 0.3) is 5.91 Å². The van der Waals surface area contributed by atoms with E-state index >= 15 is 0 Å². The number of nitrogens with zero attached hydrogens (tertiary/aromatic N) is 4. The van der Waals surface area contributed by atoms with Gasteiger partial charge in [-0.3, -0.25) is 14.3 Å². The third kappa shape index (κ3) is 4.60. The monoisotopic (exact) mass is 502 g/mol. The number of carbonyl (C=O) groups is 2. The second-order valence-corrected chi connectivity index (χ2v) is 11.2. The van der Waals surface area contributed by atoms with Gasteiger partial charge in [0.05, 0.1) is 49.1 Å². The predicted molar refractivity (Wildman–Crippen MR) is 127 cm³/mol. The average Bonchev–Trinajstić information content (AvgIpc) is 3.26. The number of esters is 1. The van der Waals surface area contributed by atoms with E-state index in [9.17, 15) is 18.0 Å². The number of piperidine rings is 1. The molecule has 0 bridgehead atoms. The van der Waals surface area contributed by atoms with E-state index in [1.807, 2.05) is 10.7 Å². The van der Waals surface area contributed by atoms with Crippen LogP contribution in [0.4, 0.5) is 0 Å². The Morgan fingerprint density at radius 1 is 1.17 bits per heavy atom. The Labute approximate surface area is 204 Å². The van der Waals surface area contributed by atoms with Crippen LogP contribution in [0.3, 0.4) is 0 Å². The average molecular weight is 503 g/mol. The van der Waals surface area contributed by atoms with Crippen LogP contribution in [0.1, 0.15) is 41.4 Å². The predicted octanol–water partition coefficient (Wildman–Crippen LogP) is 1.51. The molecule has 0 unspecified atom stereocenters. The molecule has 0 saturated carbocycles. The van der Waals surface area contributed by atoms with E-state index in [-0.39, 0.29) is 34.3 Å². The van der Waals surface area contributed by atoms with Gasteiger partial charge in [-0.25, -0.2) is 8.42 Å². The van der Waals surface area contributed by atoms with Crippen molar-refractivity contribution in [3.63, 3.8) is 0 Å². The van der Waals surface area contributed by atoms with Gasteiger partial charge in [0.1, 0.15) is 0 Å². The molecule has 188 valence electrons. The number of carbonyl (C=O) groups excluding carboxylic acids is 2. The van der Waals surface area contributed by atoms with Gasteiger partial charge < -0.3 is 19.3 Å². The fourth-order valence-electron chi connectivity index (χ4n) is 5.23. The van der Waals surface area contributed by atoms with Crippen molar-refractivity contribution in [3.05, 3.63) is 35.5 Å². The van der Waals surface area contributed by atoms with Gasteiger partial charge in [-0.15, -0.1) is 0 Å². The van der Waals surface area contributed by atoms with Crippen LogP contribution in [0.2, 0.25) is 0 Å². The number of hydrogen-bond donors (Lipinski definition) is 0. The number of amides is 1. The highest BCUT2D eigenvalue weighted by atomic mass is 32.2. The zero-order valence-electron chi connectivity index (χ0n) is 19.8. The van der Waals surface area contributed by atoms with Gasteiger partial charge in [0.2, 0.25) is 0 Å². The lowest BCUT2D eigenvalue weighted by Gasteiger charge is -2.34. The summed E-state index contributed by atoms with van der Waals surface area (Å²) >= 11 is 0. The Balaban J connectivity index is 1.55. The molecule has 1 amide bonds. The smallest absolute Gasteiger partial charge is 0.306 e. The first-order valence-electron chi connectivity index (χ1n) is 12.0. The topological polar surface area (TPSA) is 111 Å². The van der Waals surface area contributed by atoms with Crippen LogP contribution in [-0.2, 0) is 29.9 Å². The van der Waals surface area contributed by atoms with E-state index in [2.05, 4.69) is 4.90 Å². The number of ether oxygens (including phenoxy) is 2. The molecule has 2 aromatic rings. The molecule has 1 aromatic carbocycles. The summed E-state index contributed by atoms with van der Waals surface area (Å²) in [4.78, 5) is 29.3. The molecule has 3 aliphatic rings. The van der Waals surface area contributed by atoms with Crippen molar-refractivity contribution in [3.8, 4) is 11.3 Å². The lowest BCUT2D eigenvalue weighted by Crippen LogP contribution is -2.41. The van der Waals surface area contributed by atoms with Crippen LogP contribution in [0, 0.1) is 0 Å². The number of morpholine rings is 1. The molecule has 0 aliphatic carbocycles. The van der Waals surface area contributed by atoms with Crippen molar-refractivity contribution in [1.82, 2.24) is 19.6 Å². The summed E-state index contributed by atoms with van der Waals surface area (Å²) in [6, 6.07) is 6.91. The number of benzene rings is 1. The van der Waals surface area contributed by atoms with Crippen molar-refractivity contribution in [2.24, 2.45) is 0 Å². The minimum Gasteiger partial charge on any atom is -0.469 e. The van der Waals surface area contributed by atoms with Crippen LogP contribution in [0.15, 0.2) is 29.2 Å². The fraction of sp³-hybridized carbons (Fsp3) is 0.542. The SMILES string of the molecule is COC(=O)CCN1CCC[C@H](n2nc(C(=O)N3CCOCC3)c3c2-c2ccccc2S(=O)(=O)C3)C1. The lowest BCUT2D eigenvalue weighted by atomic mass is 10.0. The molecule has 1 atom stereocenters. The third-order valence-corrected chi connectivity index (χ3v) is 8.70. The Morgan fingerprint density at radius 2 is 1.94 bits per heavy atom. The maximum absolute atomic E-state index is 13.5. The highest BCUT2D eigenvalue weighted by Crippen LogP contribution is 2.41. The minimum absolute atomic E-state index is 0.0461. The lowest BCUT2D eigenvalue weighted by molar-refractivity contribution is -0.141. The molecule has 11 heteroatoms. The number of rotatable bonds is 5. The number of fused-ring (bicyclic) bond motifs is 3. The van der Waals surface area contributed by atoms with E-state index in [4.69, 9.17) is 14.6 Å². The molecule has 2 saturated heterocycles. The number of methoxy groups -OCH3 is 1. The number of sulfone groups is 1. The van der Waals surface area contributed by atoms with Crippen LogP contribution < -0.4 is 0 Å². The number of likely N-dealkylation sites (tertiary alicyclic amines) is 1. The van der Waals surface area contributed by atoms with Crippen LogP contribution in [-0.4, -0.2) is 92.9 Å². The van der Waals surface area contributed by atoms with Crippen molar-refractivity contribution >= 4 is 21.7 Å². The summed E-state index contributed by atoms with van der Waals surface area (Å²) in [5.74, 6) is -0.749. The van der Waals surface area contributed by atoms with Crippen molar-refractivity contribution in [1.29, 1.82) is 0 Å². The van der Waals surface area contributed by atoms with Gasteiger partial charge in [0, 0.05) is 37.3 Å². The molecule has 0 radical (unpaired) electrons. The van der Waals surface area contributed by atoms with E-state index in [0.717, 1.165) is 19.4 Å². The maximum Gasteiger partial charge on any atom is 0.306 e. The highest BCUT2D eigenvalue weighted by molar-refractivity contribution is 7.90. The quantitative estimate of drug-likeness (QED) is 0.566. The van der Waals surface area contributed by atoms with Crippen molar-refractivity contribution < 1.29 is 27.5 Å². The zero-order chi connectivity index (χ0) is 24.6. The first-order chi connectivity index (χ1) is 16.9. The first kappa shape index (κ1) is 24.0. The van der Waals surface area contributed by atoms with Crippen LogP contribution >= 0.6 is 0 Å². The van der Waals surface area contributed by atoms with E-state index in [0.29, 0.717) is 62.6 Å². The summed E-state index contributed by atoms with van der Waals surface area (Å²) in [6.07, 6.45) is 2.07. The molecule has 0 spiro atoms. The molecule has 5 rings (SSSR count). The molecule has 10 nitrogen and oxygen atoms in total. The Morgan fingerprint density at radius 3 is 2.71 bits per heavy atom. The van der Waals surface area contributed by atoms with Gasteiger partial charge in [-0.2, -0.15) is 5.10 Å². The molecular weight excluding hydrogens is 472 g/mol. The number of aromatic nitrogens is 2. The Kier molecular flexibility index (Phi) is 6.65. The summed E-state index contributed by atoms with van der Waals surface area (Å²) in [6.45, 7) is 3.91. The van der Waals surface area contributed by atoms with Crippen molar-refractivity contribution in [2.45, 2.75) is 36.0 Å². The molecule has 3 aliphatic heterocycles. The van der Waals surface area contributed by atoms with Crippen molar-refractivity contribution in [2.75, 3.05) is 53.0 Å². The normalized spacial score (nSPS) is 21.7. The van der Waals surface area contributed by atoms with E-state index < -0.39 is 9.84 Å². The molecule has 1 aromatic heterocycles. The van der Waals surface area contributed by atoms with Crippen LogP contribution in [0.5, 0.6) is 0 Å². The standard InChI is InChI=1S/C24H30N4O6S/c1-33-21(29)8-10-26-9-4-5-17(15-26)28-23-18-6-2-3-7-20(18)35(31,32)16-19(23)22(25-28)24(30)27-11-13-34-14-12-27/h2-3,6-7,17H,4-5,8-16H2,1H3/t17-/m0/s1. The fourth-order valence-corrected chi connectivity index (χ4v) is 6.82. The molecule has 2 fully saturated rings. The maximum atomic E-state index is 13.5. The highest BCUT2D eigenvalue weighted by Gasteiger charge is 2.38. The molecule has 0 N–H and O–H groups in total. The van der Waals surface area contributed by atoms with Gasteiger partial charge in [-0.1, -0.05) is 18.2 Å². The van der Waals surface area contributed by atoms with Crippen LogP contribution in [0.25, 0.3) is 11.3 Å². The second kappa shape index (κ2) is 9.71. The molecule has 4 heterocycles. The second-order valence-electron chi connectivity index (χ2n) is 9.20. The molecule has 35 heavy (non-hydrogen) atoms. The Hall–Kier alpha value is -2.76. The largest absolute Gasteiger partial charge is 0.469 e. The summed E-state index contributed by atoms with van der Waals surface area (Å²) < 4.78 is 38.4. The van der Waals surface area contributed by atoms with E-state index in [1.165, 1.54) is 7.11 Å². The number of hydrogen-bond acceptors (Lipinski definition) is 8. The first-order valence-corrected chi connectivity index (χ1v) is 13.6. The Bertz CT molecular complexity index is 1230. The van der Waals surface area contributed by atoms with Gasteiger partial charge in [-0.05, 0) is 25.5 Å². The minimum atomic E-state index is -3.60. The third-order valence-electron chi connectivity index (χ3n) is 7.01. The van der Waals surface area contributed by atoms with Gasteiger partial charge >= 0.3 is 5.97 Å². The zero-order valence-corrected chi connectivity index (χ0v) is 20.6. The van der Waals surface area contributed by atoms with Gasteiger partial charge in [0.15, 0.2) is 15.5 Å². The summed E-state index contributed by atoms with van der Waals surface area (Å²) in [7, 11) is -2.22. The molecular formula is C24H30N4O6S. The van der Waals surface area contributed by atoms with E-state index in [1.54, 1.807) is 23.1 Å². The summed E-state index contributed by atoms with van der Waals surface area (Å²) in [5, 5.41) is 4.80.